The molecule has 0 radical (unpaired) electrons. The van der Waals surface area contributed by atoms with E-state index in [1.165, 1.54) is 12.1 Å². The van der Waals surface area contributed by atoms with Crippen molar-refractivity contribution in [1.29, 1.82) is 0 Å². The summed E-state index contributed by atoms with van der Waals surface area (Å²) in [5, 5.41) is 11.2. The van der Waals surface area contributed by atoms with Gasteiger partial charge in [0.05, 0.1) is 12.3 Å². The van der Waals surface area contributed by atoms with Crippen LogP contribution in [0.15, 0.2) is 18.2 Å². The number of anilines is 1. The van der Waals surface area contributed by atoms with Crippen LogP contribution >= 0.6 is 0 Å². The summed E-state index contributed by atoms with van der Waals surface area (Å²) in [6.07, 6.45) is 1.65. The third-order valence-electron chi connectivity index (χ3n) is 2.94. The lowest BCUT2D eigenvalue weighted by Gasteiger charge is -2.10. The molecule has 1 unspecified atom stereocenters. The molecule has 1 aromatic rings. The van der Waals surface area contributed by atoms with Crippen LogP contribution in [0.25, 0.3) is 0 Å². The summed E-state index contributed by atoms with van der Waals surface area (Å²) >= 11 is 0. The minimum absolute atomic E-state index is 0.0146. The lowest BCUT2D eigenvalue weighted by atomic mass is 10.0. The van der Waals surface area contributed by atoms with Gasteiger partial charge in [0.2, 0.25) is 5.91 Å². The maximum Gasteiger partial charge on any atom is 0.224 e. The van der Waals surface area contributed by atoms with E-state index in [0.29, 0.717) is 18.4 Å². The van der Waals surface area contributed by atoms with Crippen LogP contribution in [-0.2, 0) is 4.79 Å². The summed E-state index contributed by atoms with van der Waals surface area (Å²) in [5.41, 5.74) is 0.696. The van der Waals surface area contributed by atoms with Crippen molar-refractivity contribution in [3.05, 3.63) is 29.6 Å². The van der Waals surface area contributed by atoms with Gasteiger partial charge in [0.1, 0.15) is 5.82 Å². The second kappa shape index (κ2) is 8.34. The SMILES string of the molecule is CCC(C)CC(=O)Nc1ccc(C#CCCO)cc1F. The third kappa shape index (κ3) is 5.41. The van der Waals surface area contributed by atoms with Crippen LogP contribution in [0.4, 0.5) is 10.1 Å². The summed E-state index contributed by atoms with van der Waals surface area (Å²) in [7, 11) is 0. The molecule has 1 aromatic carbocycles. The van der Waals surface area contributed by atoms with Crippen molar-refractivity contribution in [1.82, 2.24) is 0 Å². The maximum atomic E-state index is 13.8. The van der Waals surface area contributed by atoms with E-state index in [1.807, 2.05) is 13.8 Å². The van der Waals surface area contributed by atoms with E-state index >= 15 is 0 Å². The molecule has 1 atom stereocenters. The largest absolute Gasteiger partial charge is 0.395 e. The molecule has 0 heterocycles. The van der Waals surface area contributed by atoms with Crippen LogP contribution in [0.1, 0.15) is 38.7 Å². The highest BCUT2D eigenvalue weighted by Crippen LogP contribution is 2.17. The van der Waals surface area contributed by atoms with Crippen molar-refractivity contribution in [3.63, 3.8) is 0 Å². The van der Waals surface area contributed by atoms with Crippen molar-refractivity contribution in [2.75, 3.05) is 11.9 Å². The van der Waals surface area contributed by atoms with Gasteiger partial charge in [-0.3, -0.25) is 4.79 Å². The molecule has 0 aliphatic heterocycles. The van der Waals surface area contributed by atoms with E-state index in [2.05, 4.69) is 17.2 Å². The number of halogens is 1. The van der Waals surface area contributed by atoms with Gasteiger partial charge >= 0.3 is 0 Å². The topological polar surface area (TPSA) is 49.3 Å². The number of hydrogen-bond acceptors (Lipinski definition) is 2. The molecular formula is C16H20FNO2. The lowest BCUT2D eigenvalue weighted by molar-refractivity contribution is -0.117. The van der Waals surface area contributed by atoms with Crippen LogP contribution in [0.5, 0.6) is 0 Å². The van der Waals surface area contributed by atoms with E-state index in [4.69, 9.17) is 5.11 Å². The molecule has 108 valence electrons. The van der Waals surface area contributed by atoms with Gasteiger partial charge in [-0.25, -0.2) is 4.39 Å². The maximum absolute atomic E-state index is 13.8. The molecule has 0 saturated heterocycles. The van der Waals surface area contributed by atoms with Gasteiger partial charge in [0, 0.05) is 18.4 Å². The summed E-state index contributed by atoms with van der Waals surface area (Å²) < 4.78 is 13.8. The second-order valence-corrected chi connectivity index (χ2v) is 4.74. The van der Waals surface area contributed by atoms with Gasteiger partial charge in [-0.05, 0) is 24.1 Å². The fraction of sp³-hybridized carbons (Fsp3) is 0.438. The number of rotatable bonds is 5. The number of benzene rings is 1. The van der Waals surface area contributed by atoms with E-state index < -0.39 is 5.82 Å². The molecule has 0 aromatic heterocycles. The molecule has 4 heteroatoms. The highest BCUT2D eigenvalue weighted by Gasteiger charge is 2.10. The normalized spacial score (nSPS) is 11.4. The molecule has 3 nitrogen and oxygen atoms in total. The van der Waals surface area contributed by atoms with Crippen LogP contribution in [0, 0.1) is 23.6 Å². The first-order chi connectivity index (χ1) is 9.56. The standard InChI is InChI=1S/C16H20FNO2/c1-3-12(2)10-16(20)18-15-8-7-13(11-14(15)17)6-4-5-9-19/h7-8,11-12,19H,3,5,9-10H2,1-2H3,(H,18,20). The molecular weight excluding hydrogens is 257 g/mol. The number of carbonyl (C=O) groups is 1. The van der Waals surface area contributed by atoms with Gasteiger partial charge in [-0.1, -0.05) is 32.1 Å². The van der Waals surface area contributed by atoms with Crippen LogP contribution in [0.2, 0.25) is 0 Å². The van der Waals surface area contributed by atoms with E-state index in [0.717, 1.165) is 6.42 Å². The molecule has 0 aliphatic rings. The van der Waals surface area contributed by atoms with Gasteiger partial charge in [0.25, 0.3) is 0 Å². The van der Waals surface area contributed by atoms with E-state index in [-0.39, 0.29) is 24.1 Å². The zero-order valence-electron chi connectivity index (χ0n) is 11.9. The van der Waals surface area contributed by atoms with Crippen LogP contribution < -0.4 is 5.32 Å². The van der Waals surface area contributed by atoms with E-state index in [1.54, 1.807) is 6.07 Å². The summed E-state index contributed by atoms with van der Waals surface area (Å²) in [4.78, 5) is 11.7. The van der Waals surface area contributed by atoms with Crippen molar-refractivity contribution < 1.29 is 14.3 Å². The van der Waals surface area contributed by atoms with Gasteiger partial charge in [-0.2, -0.15) is 0 Å². The van der Waals surface area contributed by atoms with Gasteiger partial charge in [-0.15, -0.1) is 0 Å². The smallest absolute Gasteiger partial charge is 0.224 e. The van der Waals surface area contributed by atoms with Gasteiger partial charge < -0.3 is 10.4 Å². The Kier molecular flexibility index (Phi) is 6.75. The molecule has 0 saturated carbocycles. The van der Waals surface area contributed by atoms with Crippen molar-refractivity contribution >= 4 is 11.6 Å². The van der Waals surface area contributed by atoms with Crippen molar-refractivity contribution in [2.24, 2.45) is 5.92 Å². The first-order valence-corrected chi connectivity index (χ1v) is 6.76. The minimum Gasteiger partial charge on any atom is -0.395 e. The highest BCUT2D eigenvalue weighted by molar-refractivity contribution is 5.91. The van der Waals surface area contributed by atoms with Crippen LogP contribution in [-0.4, -0.2) is 17.6 Å². The Morgan fingerprint density at radius 2 is 2.25 bits per heavy atom. The monoisotopic (exact) mass is 277 g/mol. The Bertz CT molecular complexity index is 517. The van der Waals surface area contributed by atoms with Gasteiger partial charge in [0.15, 0.2) is 0 Å². The Hall–Kier alpha value is -1.86. The van der Waals surface area contributed by atoms with Crippen LogP contribution in [0.3, 0.4) is 0 Å². The molecule has 0 fully saturated rings. The number of aliphatic hydroxyl groups excluding tert-OH is 1. The third-order valence-corrected chi connectivity index (χ3v) is 2.94. The summed E-state index contributed by atoms with van der Waals surface area (Å²) in [5.74, 6) is 5.06. The Balaban J connectivity index is 2.69. The Morgan fingerprint density at radius 1 is 1.50 bits per heavy atom. The van der Waals surface area contributed by atoms with Crippen molar-refractivity contribution in [3.8, 4) is 11.8 Å². The zero-order valence-corrected chi connectivity index (χ0v) is 11.9. The Labute approximate surface area is 119 Å². The fourth-order valence-electron chi connectivity index (χ4n) is 1.58. The number of hydrogen-bond donors (Lipinski definition) is 2. The molecule has 0 spiro atoms. The molecule has 1 rings (SSSR count). The van der Waals surface area contributed by atoms with E-state index in [9.17, 15) is 9.18 Å². The average Bonchev–Trinajstić information content (AvgIpc) is 2.42. The predicted molar refractivity (Wildman–Crippen MR) is 77.7 cm³/mol. The van der Waals surface area contributed by atoms with Crippen molar-refractivity contribution in [2.45, 2.75) is 33.1 Å². The first-order valence-electron chi connectivity index (χ1n) is 6.76. The quantitative estimate of drug-likeness (QED) is 0.813. The highest BCUT2D eigenvalue weighted by atomic mass is 19.1. The number of aliphatic hydroxyl groups is 1. The molecule has 0 aliphatic carbocycles. The summed E-state index contributed by atoms with van der Waals surface area (Å²) in [6.45, 7) is 3.98. The second-order valence-electron chi connectivity index (χ2n) is 4.74. The lowest BCUT2D eigenvalue weighted by Crippen LogP contribution is -2.15. The molecule has 1 amide bonds. The zero-order chi connectivity index (χ0) is 15.0. The minimum atomic E-state index is -0.502. The Morgan fingerprint density at radius 3 is 2.85 bits per heavy atom. The number of nitrogens with one attached hydrogen (secondary N) is 1. The molecule has 2 N–H and O–H groups in total. The number of carbonyl (C=O) groups excluding carboxylic acids is 1. The average molecular weight is 277 g/mol. The first kappa shape index (κ1) is 16.2. The summed E-state index contributed by atoms with van der Waals surface area (Å²) in [6, 6.07) is 4.43. The molecule has 0 bridgehead atoms. The fourth-order valence-corrected chi connectivity index (χ4v) is 1.58. The predicted octanol–water partition coefficient (Wildman–Crippen LogP) is 2.93. The molecule has 20 heavy (non-hydrogen) atoms. The number of amides is 1.